The Hall–Kier alpha value is -2.73. The monoisotopic (exact) mass is 544 g/mol. The van der Waals surface area contributed by atoms with Gasteiger partial charge in [0.25, 0.3) is 5.91 Å². The van der Waals surface area contributed by atoms with Crippen molar-refractivity contribution >= 4 is 49.9 Å². The van der Waals surface area contributed by atoms with Crippen molar-refractivity contribution in [2.24, 2.45) is 0 Å². The van der Waals surface area contributed by atoms with Crippen LogP contribution in [0.25, 0.3) is 11.3 Å². The van der Waals surface area contributed by atoms with Crippen LogP contribution in [0.2, 0.25) is 0 Å². The predicted octanol–water partition coefficient (Wildman–Crippen LogP) is 4.47. The molecule has 1 saturated heterocycles. The molecule has 11 heteroatoms. The number of aromatic nitrogens is 1. The SMILES string of the molecule is CCNC(=O)CSc1nc(-c2ccccc2)c(NC(=O)c2ccc(S(=O)(=O)N3CCCCC3)cc2)s1. The molecule has 0 saturated carbocycles. The second-order valence-electron chi connectivity index (χ2n) is 8.21. The van der Waals surface area contributed by atoms with E-state index < -0.39 is 10.0 Å². The number of amides is 2. The minimum atomic E-state index is -3.56. The lowest BCUT2D eigenvalue weighted by molar-refractivity contribution is -0.118. The molecule has 3 aromatic rings. The molecule has 1 aliphatic heterocycles. The van der Waals surface area contributed by atoms with Gasteiger partial charge in [0, 0.05) is 30.8 Å². The van der Waals surface area contributed by atoms with Crippen LogP contribution < -0.4 is 10.6 Å². The van der Waals surface area contributed by atoms with Crippen LogP contribution >= 0.6 is 23.1 Å². The van der Waals surface area contributed by atoms with Crippen molar-refractivity contribution in [3.63, 3.8) is 0 Å². The molecule has 0 radical (unpaired) electrons. The van der Waals surface area contributed by atoms with Gasteiger partial charge in [-0.25, -0.2) is 13.4 Å². The van der Waals surface area contributed by atoms with E-state index in [2.05, 4.69) is 15.6 Å². The Morgan fingerprint density at radius 3 is 2.39 bits per heavy atom. The molecule has 2 amide bonds. The van der Waals surface area contributed by atoms with Gasteiger partial charge in [0.1, 0.15) is 10.7 Å². The molecule has 0 aliphatic carbocycles. The van der Waals surface area contributed by atoms with E-state index in [0.717, 1.165) is 24.8 Å². The summed E-state index contributed by atoms with van der Waals surface area (Å²) in [5.74, 6) is -0.210. The second-order valence-corrected chi connectivity index (χ2v) is 12.4. The molecule has 1 aliphatic rings. The Bertz CT molecular complexity index is 1300. The normalized spacial score (nSPS) is 14.4. The Morgan fingerprint density at radius 1 is 1.03 bits per heavy atom. The van der Waals surface area contributed by atoms with Crippen LogP contribution in [0.4, 0.5) is 5.00 Å². The first-order valence-electron chi connectivity index (χ1n) is 11.8. The third kappa shape index (κ3) is 6.33. The maximum Gasteiger partial charge on any atom is 0.256 e. The third-order valence-electron chi connectivity index (χ3n) is 5.65. The molecule has 2 aromatic carbocycles. The van der Waals surface area contributed by atoms with Crippen molar-refractivity contribution in [3.8, 4) is 11.3 Å². The topological polar surface area (TPSA) is 108 Å². The highest BCUT2D eigenvalue weighted by molar-refractivity contribution is 8.01. The summed E-state index contributed by atoms with van der Waals surface area (Å²) < 4.78 is 28.0. The van der Waals surface area contributed by atoms with Gasteiger partial charge in [-0.15, -0.1) is 0 Å². The number of hydrogen-bond acceptors (Lipinski definition) is 7. The first-order chi connectivity index (χ1) is 17.4. The number of thioether (sulfide) groups is 1. The lowest BCUT2D eigenvalue weighted by Crippen LogP contribution is -2.35. The Labute approximate surface area is 219 Å². The molecular weight excluding hydrogens is 517 g/mol. The lowest BCUT2D eigenvalue weighted by atomic mass is 10.1. The number of anilines is 1. The van der Waals surface area contributed by atoms with Crippen LogP contribution in [0.15, 0.2) is 63.8 Å². The van der Waals surface area contributed by atoms with Crippen molar-refractivity contribution in [3.05, 3.63) is 60.2 Å². The first kappa shape index (κ1) is 26.3. The average Bonchev–Trinajstić information content (AvgIpc) is 3.31. The quantitative estimate of drug-likeness (QED) is 0.385. The van der Waals surface area contributed by atoms with E-state index in [-0.39, 0.29) is 22.5 Å². The Morgan fingerprint density at radius 2 is 1.72 bits per heavy atom. The van der Waals surface area contributed by atoms with E-state index in [0.29, 0.717) is 40.2 Å². The molecule has 1 aromatic heterocycles. The zero-order valence-electron chi connectivity index (χ0n) is 19.9. The van der Waals surface area contributed by atoms with Gasteiger partial charge in [0.05, 0.1) is 10.6 Å². The molecule has 8 nitrogen and oxygen atoms in total. The van der Waals surface area contributed by atoms with Crippen LogP contribution in [0.3, 0.4) is 0 Å². The summed E-state index contributed by atoms with van der Waals surface area (Å²) in [4.78, 5) is 29.8. The fourth-order valence-corrected chi connectivity index (χ4v) is 7.23. The molecule has 190 valence electrons. The van der Waals surface area contributed by atoms with E-state index in [1.807, 2.05) is 37.3 Å². The van der Waals surface area contributed by atoms with Crippen molar-refractivity contribution < 1.29 is 18.0 Å². The molecule has 0 unspecified atom stereocenters. The van der Waals surface area contributed by atoms with Crippen molar-refractivity contribution in [1.82, 2.24) is 14.6 Å². The van der Waals surface area contributed by atoms with Gasteiger partial charge in [-0.2, -0.15) is 4.31 Å². The predicted molar refractivity (Wildman–Crippen MR) is 144 cm³/mol. The standard InChI is InChI=1S/C25H28N4O4S3/c1-2-26-21(30)17-34-25-27-22(18-9-5-3-6-10-18)24(35-25)28-23(31)19-11-13-20(14-12-19)36(32,33)29-15-7-4-8-16-29/h3,5-6,9-14H,2,4,7-8,15-17H2,1H3,(H,26,30)(H,28,31). The van der Waals surface area contributed by atoms with Crippen molar-refractivity contribution in [2.75, 3.05) is 30.7 Å². The largest absolute Gasteiger partial charge is 0.356 e. The van der Waals surface area contributed by atoms with Gasteiger partial charge < -0.3 is 10.6 Å². The van der Waals surface area contributed by atoms with Crippen LogP contribution in [0.5, 0.6) is 0 Å². The van der Waals surface area contributed by atoms with Crippen LogP contribution in [0.1, 0.15) is 36.5 Å². The first-order valence-corrected chi connectivity index (χ1v) is 15.0. The van der Waals surface area contributed by atoms with Gasteiger partial charge in [0.2, 0.25) is 15.9 Å². The molecule has 36 heavy (non-hydrogen) atoms. The van der Waals surface area contributed by atoms with Gasteiger partial charge in [-0.05, 0) is 44.0 Å². The van der Waals surface area contributed by atoms with Crippen LogP contribution in [-0.4, -0.2) is 54.9 Å². The van der Waals surface area contributed by atoms with Crippen molar-refractivity contribution in [2.45, 2.75) is 35.4 Å². The molecule has 0 atom stereocenters. The van der Waals surface area contributed by atoms with E-state index in [4.69, 9.17) is 0 Å². The highest BCUT2D eigenvalue weighted by Gasteiger charge is 2.26. The second kappa shape index (κ2) is 12.0. The van der Waals surface area contributed by atoms with Gasteiger partial charge in [-0.3, -0.25) is 9.59 Å². The average molecular weight is 545 g/mol. The molecule has 0 bridgehead atoms. The Kier molecular flexibility index (Phi) is 8.78. The lowest BCUT2D eigenvalue weighted by Gasteiger charge is -2.25. The number of piperidine rings is 1. The summed E-state index contributed by atoms with van der Waals surface area (Å²) in [5.41, 5.74) is 1.81. The number of carbonyl (C=O) groups is 2. The maximum absolute atomic E-state index is 13.1. The number of thiazole rings is 1. The molecule has 1 fully saturated rings. The maximum atomic E-state index is 13.1. The zero-order chi connectivity index (χ0) is 25.5. The number of nitrogens with zero attached hydrogens (tertiary/aromatic N) is 2. The minimum Gasteiger partial charge on any atom is -0.356 e. The third-order valence-corrected chi connectivity index (χ3v) is 9.68. The van der Waals surface area contributed by atoms with Gasteiger partial charge >= 0.3 is 0 Å². The number of sulfonamides is 1. The summed E-state index contributed by atoms with van der Waals surface area (Å²) >= 11 is 2.61. The summed E-state index contributed by atoms with van der Waals surface area (Å²) in [6, 6.07) is 15.5. The molecule has 2 N–H and O–H groups in total. The van der Waals surface area contributed by atoms with E-state index in [1.165, 1.54) is 51.7 Å². The van der Waals surface area contributed by atoms with Gasteiger partial charge in [0.15, 0.2) is 4.34 Å². The fraction of sp³-hybridized carbons (Fsp3) is 0.320. The molecule has 0 spiro atoms. The van der Waals surface area contributed by atoms with Gasteiger partial charge in [-0.1, -0.05) is 59.9 Å². The Balaban J connectivity index is 1.52. The summed E-state index contributed by atoms with van der Waals surface area (Å²) in [6.07, 6.45) is 2.77. The highest BCUT2D eigenvalue weighted by Crippen LogP contribution is 2.37. The molecular formula is C25H28N4O4S3. The van der Waals surface area contributed by atoms with E-state index in [1.54, 1.807) is 0 Å². The number of carbonyl (C=O) groups excluding carboxylic acids is 2. The summed E-state index contributed by atoms with van der Waals surface area (Å²) in [6.45, 7) is 3.48. The van der Waals surface area contributed by atoms with Crippen molar-refractivity contribution in [1.29, 1.82) is 0 Å². The molecule has 4 rings (SSSR count). The van der Waals surface area contributed by atoms with E-state index >= 15 is 0 Å². The fourth-order valence-electron chi connectivity index (χ4n) is 3.82. The molecule has 2 heterocycles. The summed E-state index contributed by atoms with van der Waals surface area (Å²) in [7, 11) is -3.56. The zero-order valence-corrected chi connectivity index (χ0v) is 22.3. The number of nitrogens with one attached hydrogen (secondary N) is 2. The van der Waals surface area contributed by atoms with Crippen LogP contribution in [-0.2, 0) is 14.8 Å². The number of rotatable bonds is 9. The smallest absolute Gasteiger partial charge is 0.256 e. The number of benzene rings is 2. The summed E-state index contributed by atoms with van der Waals surface area (Å²) in [5, 5.41) is 6.25. The van der Waals surface area contributed by atoms with Crippen LogP contribution in [0, 0.1) is 0 Å². The minimum absolute atomic E-state index is 0.0795. The number of hydrogen-bond donors (Lipinski definition) is 2. The van der Waals surface area contributed by atoms with E-state index in [9.17, 15) is 18.0 Å². The highest BCUT2D eigenvalue weighted by atomic mass is 32.2.